The van der Waals surface area contributed by atoms with Crippen molar-refractivity contribution in [2.75, 3.05) is 0 Å². The fourth-order valence-corrected chi connectivity index (χ4v) is 2.05. The fraction of sp³-hybridized carbons (Fsp3) is 0.533. The molecule has 0 spiro atoms. The molecule has 0 bridgehead atoms. The van der Waals surface area contributed by atoms with Crippen LogP contribution in [-0.2, 0) is 15.9 Å². The van der Waals surface area contributed by atoms with E-state index in [-0.39, 0.29) is 0 Å². The van der Waals surface area contributed by atoms with Gasteiger partial charge in [-0.25, -0.2) is 4.39 Å². The summed E-state index contributed by atoms with van der Waals surface area (Å²) < 4.78 is 27.8. The van der Waals surface area contributed by atoms with Gasteiger partial charge in [0.05, 0.1) is 23.9 Å². The highest BCUT2D eigenvalue weighted by Gasteiger charge is 2.53. The molecule has 2 rings (SSSR count). The topological polar surface area (TPSA) is 36.3 Å². The number of rotatable bonds is 4. The van der Waals surface area contributed by atoms with Gasteiger partial charge in [0.1, 0.15) is 5.73 Å². The van der Waals surface area contributed by atoms with Crippen LogP contribution in [0.25, 0.3) is 5.57 Å². The third-order valence-electron chi connectivity index (χ3n) is 4.20. The van der Waals surface area contributed by atoms with Gasteiger partial charge in [0.15, 0.2) is 0 Å². The second-order valence-corrected chi connectivity index (χ2v) is 6.30. The molecule has 0 aromatic carbocycles. The van der Waals surface area contributed by atoms with Crippen LogP contribution in [0.15, 0.2) is 30.8 Å². The van der Waals surface area contributed by atoms with Crippen LogP contribution >= 0.6 is 0 Å². The molecule has 1 aromatic rings. The minimum Gasteiger partial charge on any atom is -0.398 e. The van der Waals surface area contributed by atoms with Gasteiger partial charge in [0, 0.05) is 11.8 Å². The maximum absolute atomic E-state index is 14.6. The van der Waals surface area contributed by atoms with Crippen molar-refractivity contribution in [3.63, 3.8) is 0 Å². The van der Waals surface area contributed by atoms with Crippen LogP contribution < -0.4 is 0 Å². The van der Waals surface area contributed by atoms with Crippen molar-refractivity contribution in [3.8, 4) is 0 Å². The molecular weight excluding hydrogens is 270 g/mol. The van der Waals surface area contributed by atoms with Gasteiger partial charge >= 0.3 is 7.12 Å². The maximum Gasteiger partial charge on any atom is 0.525 e. The minimum absolute atomic E-state index is 0.410. The Labute approximate surface area is 125 Å². The van der Waals surface area contributed by atoms with E-state index in [1.807, 2.05) is 27.7 Å². The summed E-state index contributed by atoms with van der Waals surface area (Å²) in [5.41, 5.74) is -0.329. The molecule has 1 aliphatic rings. The minimum atomic E-state index is -0.974. The van der Waals surface area contributed by atoms with E-state index in [2.05, 4.69) is 11.7 Å². The first-order chi connectivity index (χ1) is 9.68. The van der Waals surface area contributed by atoms with Crippen molar-refractivity contribution < 1.29 is 13.7 Å². The molecule has 2 heterocycles. The van der Waals surface area contributed by atoms with Crippen LogP contribution in [0.4, 0.5) is 4.39 Å². The monoisotopic (exact) mass is 292 g/mol. The van der Waals surface area contributed by atoms with Crippen molar-refractivity contribution in [2.45, 2.75) is 52.4 Å². The number of allylic oxidation sites excluding steroid dienone is 2. The van der Waals surface area contributed by atoms with Crippen LogP contribution in [0.2, 0.25) is 0 Å². The predicted octanol–water partition coefficient (Wildman–Crippen LogP) is 3.40. The van der Waals surface area contributed by atoms with Crippen molar-refractivity contribution >= 4 is 12.7 Å². The first-order valence-electron chi connectivity index (χ1n) is 7.03. The summed E-state index contributed by atoms with van der Waals surface area (Å²) in [6, 6.07) is 0. The quantitative estimate of drug-likeness (QED) is 0.630. The van der Waals surface area contributed by atoms with E-state index in [0.29, 0.717) is 17.7 Å². The van der Waals surface area contributed by atoms with Crippen LogP contribution in [0.5, 0.6) is 0 Å². The summed E-state index contributed by atoms with van der Waals surface area (Å²) in [7, 11) is -0.974. The molecule has 0 unspecified atom stereocenters. The fourth-order valence-electron chi connectivity index (χ4n) is 2.05. The molecular formula is C15H22BFN2O2. The lowest BCUT2D eigenvalue weighted by Crippen LogP contribution is -2.41. The van der Waals surface area contributed by atoms with Crippen LogP contribution in [0.1, 0.15) is 40.2 Å². The van der Waals surface area contributed by atoms with Crippen molar-refractivity contribution in [3.05, 3.63) is 36.3 Å². The summed E-state index contributed by atoms with van der Waals surface area (Å²) in [5.74, 6) is 0. The Morgan fingerprint density at radius 2 is 1.95 bits per heavy atom. The van der Waals surface area contributed by atoms with Gasteiger partial charge in [-0.2, -0.15) is 5.10 Å². The average Bonchev–Trinajstić information content (AvgIpc) is 2.92. The third-order valence-corrected chi connectivity index (χ3v) is 4.20. The Hall–Kier alpha value is -1.40. The van der Waals surface area contributed by atoms with E-state index in [4.69, 9.17) is 9.31 Å². The number of hydrogen-bond donors (Lipinski definition) is 0. The average molecular weight is 292 g/mol. The summed E-state index contributed by atoms with van der Waals surface area (Å²) >= 11 is 0. The van der Waals surface area contributed by atoms with Gasteiger partial charge in [-0.3, -0.25) is 4.68 Å². The van der Waals surface area contributed by atoms with E-state index < -0.39 is 24.0 Å². The van der Waals surface area contributed by atoms with E-state index in [1.165, 1.54) is 0 Å². The normalized spacial score (nSPS) is 21.3. The van der Waals surface area contributed by atoms with E-state index >= 15 is 0 Å². The lowest BCUT2D eigenvalue weighted by molar-refractivity contribution is 0.00578. The molecule has 114 valence electrons. The molecule has 1 aliphatic heterocycles. The van der Waals surface area contributed by atoms with Crippen LogP contribution in [0.3, 0.4) is 0 Å². The highest BCUT2D eigenvalue weighted by atomic mass is 19.1. The lowest BCUT2D eigenvalue weighted by atomic mass is 9.84. The summed E-state index contributed by atoms with van der Waals surface area (Å²) in [6.45, 7) is 13.5. The zero-order valence-corrected chi connectivity index (χ0v) is 13.3. The van der Waals surface area contributed by atoms with Gasteiger partial charge in [-0.15, -0.1) is 6.58 Å². The van der Waals surface area contributed by atoms with Gasteiger partial charge in [-0.05, 0) is 40.2 Å². The number of aromatic nitrogens is 2. The first-order valence-corrected chi connectivity index (χ1v) is 7.03. The highest BCUT2D eigenvalue weighted by molar-refractivity contribution is 6.55. The second kappa shape index (κ2) is 5.42. The van der Waals surface area contributed by atoms with E-state index in [9.17, 15) is 4.39 Å². The maximum atomic E-state index is 14.6. The highest BCUT2D eigenvalue weighted by Crippen LogP contribution is 2.40. The van der Waals surface area contributed by atoms with E-state index in [0.717, 1.165) is 0 Å². The largest absolute Gasteiger partial charge is 0.525 e. The van der Waals surface area contributed by atoms with Crippen molar-refractivity contribution in [1.29, 1.82) is 0 Å². The third kappa shape index (κ3) is 2.96. The van der Waals surface area contributed by atoms with Gasteiger partial charge in [0.25, 0.3) is 0 Å². The Morgan fingerprint density at radius 1 is 1.38 bits per heavy atom. The Balaban J connectivity index is 2.25. The zero-order chi connectivity index (χ0) is 15.8. The molecule has 21 heavy (non-hydrogen) atoms. The predicted molar refractivity (Wildman–Crippen MR) is 82.2 cm³/mol. The zero-order valence-electron chi connectivity index (χ0n) is 13.3. The second-order valence-electron chi connectivity index (χ2n) is 6.30. The molecule has 0 radical (unpaired) electrons. The molecule has 0 aliphatic carbocycles. The van der Waals surface area contributed by atoms with Crippen molar-refractivity contribution in [1.82, 2.24) is 9.78 Å². The SMILES string of the molecule is C=CCn1cc(C(C)=C(F)B2OC(C)(C)C(C)(C)O2)cn1. The molecule has 1 aromatic heterocycles. The van der Waals surface area contributed by atoms with Crippen molar-refractivity contribution in [2.24, 2.45) is 0 Å². The molecule has 0 N–H and O–H groups in total. The standard InChI is InChI=1S/C15H22BFN2O2/c1-7-8-19-10-12(9-18-19)11(2)13(17)16-20-14(3,4)15(5,6)21-16/h7,9-10H,1,8H2,2-6H3. The molecule has 1 saturated heterocycles. The summed E-state index contributed by atoms with van der Waals surface area (Å²) in [4.78, 5) is 0. The van der Waals surface area contributed by atoms with Crippen LogP contribution in [0, 0.1) is 0 Å². The Morgan fingerprint density at radius 3 is 2.48 bits per heavy atom. The lowest BCUT2D eigenvalue weighted by Gasteiger charge is -2.32. The molecule has 4 nitrogen and oxygen atoms in total. The summed E-state index contributed by atoms with van der Waals surface area (Å²) in [5, 5.41) is 4.16. The van der Waals surface area contributed by atoms with E-state index in [1.54, 1.807) is 30.1 Å². The first kappa shape index (κ1) is 16.0. The molecule has 6 heteroatoms. The number of nitrogens with zero attached hydrogens (tertiary/aromatic N) is 2. The van der Waals surface area contributed by atoms with Gasteiger partial charge < -0.3 is 9.31 Å². The molecule has 0 atom stereocenters. The molecule has 1 fully saturated rings. The Kier molecular flexibility index (Phi) is 4.13. The van der Waals surface area contributed by atoms with Gasteiger partial charge in [0.2, 0.25) is 0 Å². The number of hydrogen-bond acceptors (Lipinski definition) is 3. The Bertz CT molecular complexity index is 562. The molecule has 0 saturated carbocycles. The summed E-state index contributed by atoms with van der Waals surface area (Å²) in [6.07, 6.45) is 5.14. The van der Waals surface area contributed by atoms with Crippen LogP contribution in [-0.4, -0.2) is 28.1 Å². The number of halogens is 1. The molecule has 0 amide bonds. The smallest absolute Gasteiger partial charge is 0.398 e. The van der Waals surface area contributed by atoms with Gasteiger partial charge in [-0.1, -0.05) is 6.08 Å².